The Bertz CT molecular complexity index is 418. The van der Waals surface area contributed by atoms with Gasteiger partial charge >= 0.3 is 5.97 Å². The molecule has 1 aliphatic heterocycles. The zero-order chi connectivity index (χ0) is 13.9. The monoisotopic (exact) mass is 252 g/mol. The van der Waals surface area contributed by atoms with Crippen molar-refractivity contribution in [3.05, 3.63) is 23.0 Å². The summed E-state index contributed by atoms with van der Waals surface area (Å²) in [5.41, 5.74) is 0.704. The Kier molecular flexibility index (Phi) is 4.70. The smallest absolute Gasteiger partial charge is 0.345 e. The van der Waals surface area contributed by atoms with Gasteiger partial charge in [0.2, 0.25) is 0 Å². The molecule has 1 aliphatic rings. The van der Waals surface area contributed by atoms with Crippen LogP contribution in [0.3, 0.4) is 0 Å². The van der Waals surface area contributed by atoms with Crippen LogP contribution in [0, 0.1) is 5.92 Å². The van der Waals surface area contributed by atoms with Crippen LogP contribution < -0.4 is 0 Å². The van der Waals surface area contributed by atoms with E-state index in [-0.39, 0.29) is 23.5 Å². The van der Waals surface area contributed by atoms with Crippen molar-refractivity contribution in [2.75, 3.05) is 0 Å². The lowest BCUT2D eigenvalue weighted by molar-refractivity contribution is -0.149. The van der Waals surface area contributed by atoms with Crippen molar-refractivity contribution < 1.29 is 19.4 Å². The summed E-state index contributed by atoms with van der Waals surface area (Å²) in [5.74, 6) is -1.62. The van der Waals surface area contributed by atoms with Crippen LogP contribution in [0.15, 0.2) is 23.0 Å². The summed E-state index contributed by atoms with van der Waals surface area (Å²) in [7, 11) is 0. The third-order valence-electron chi connectivity index (χ3n) is 3.22. The highest BCUT2D eigenvalue weighted by atomic mass is 16.5. The third-order valence-corrected chi connectivity index (χ3v) is 3.22. The molecule has 0 saturated heterocycles. The topological polar surface area (TPSA) is 63.6 Å². The number of ketones is 1. The van der Waals surface area contributed by atoms with E-state index in [0.717, 1.165) is 5.57 Å². The van der Waals surface area contributed by atoms with Crippen molar-refractivity contribution in [3.63, 3.8) is 0 Å². The Morgan fingerprint density at radius 2 is 2.11 bits per heavy atom. The third kappa shape index (κ3) is 2.63. The maximum atomic E-state index is 11.8. The number of cyclic esters (lactones) is 1. The minimum atomic E-state index is -0.710. The normalized spacial score (nSPS) is 25.1. The molecule has 0 fully saturated rings. The molecule has 0 aromatic carbocycles. The molecule has 18 heavy (non-hydrogen) atoms. The molecule has 0 bridgehead atoms. The van der Waals surface area contributed by atoms with E-state index in [9.17, 15) is 14.7 Å². The molecule has 4 nitrogen and oxygen atoms in total. The molecule has 100 valence electrons. The van der Waals surface area contributed by atoms with E-state index in [1.165, 1.54) is 0 Å². The van der Waals surface area contributed by atoms with Crippen molar-refractivity contribution in [2.24, 2.45) is 5.92 Å². The minimum absolute atomic E-state index is 0.146. The van der Waals surface area contributed by atoms with Crippen molar-refractivity contribution in [1.82, 2.24) is 0 Å². The zero-order valence-corrected chi connectivity index (χ0v) is 11.3. The second kappa shape index (κ2) is 5.85. The number of ether oxygens (including phenoxy) is 1. The standard InChI is InChI=1S/C14H20O4/c1-5-7-10(15)12-13(16)11(8(3)6-2)9(4)18-14(12)17/h6,9,11,16H,5,7H2,1-4H3. The fourth-order valence-electron chi connectivity index (χ4n) is 2.15. The van der Waals surface area contributed by atoms with E-state index in [1.807, 2.05) is 26.8 Å². The molecular formula is C14H20O4. The molecule has 0 aliphatic carbocycles. The summed E-state index contributed by atoms with van der Waals surface area (Å²) in [5, 5.41) is 10.2. The molecule has 0 radical (unpaired) electrons. The highest BCUT2D eigenvalue weighted by Gasteiger charge is 2.38. The largest absolute Gasteiger partial charge is 0.510 e. The molecule has 0 aromatic heterocycles. The van der Waals surface area contributed by atoms with Gasteiger partial charge in [-0.05, 0) is 27.2 Å². The summed E-state index contributed by atoms with van der Waals surface area (Å²) >= 11 is 0. The average molecular weight is 252 g/mol. The molecule has 0 amide bonds. The van der Waals surface area contributed by atoms with Crippen LogP contribution in [0.1, 0.15) is 40.5 Å². The van der Waals surface area contributed by atoms with E-state index >= 15 is 0 Å². The van der Waals surface area contributed by atoms with E-state index in [1.54, 1.807) is 6.92 Å². The first-order chi connectivity index (χ1) is 8.43. The van der Waals surface area contributed by atoms with Crippen LogP contribution in [0.5, 0.6) is 0 Å². The molecule has 0 aromatic rings. The van der Waals surface area contributed by atoms with E-state index in [2.05, 4.69) is 0 Å². The van der Waals surface area contributed by atoms with Gasteiger partial charge in [0.25, 0.3) is 0 Å². The van der Waals surface area contributed by atoms with Gasteiger partial charge in [-0.3, -0.25) is 4.79 Å². The summed E-state index contributed by atoms with van der Waals surface area (Å²) < 4.78 is 5.15. The number of carbonyl (C=O) groups is 2. The lowest BCUT2D eigenvalue weighted by atomic mass is 9.86. The van der Waals surface area contributed by atoms with Crippen LogP contribution in [0.25, 0.3) is 0 Å². The summed E-state index contributed by atoms with van der Waals surface area (Å²) in [6, 6.07) is 0. The van der Waals surface area contributed by atoms with Crippen LogP contribution in [0.4, 0.5) is 0 Å². The maximum Gasteiger partial charge on any atom is 0.345 e. The van der Waals surface area contributed by atoms with Gasteiger partial charge in [-0.1, -0.05) is 18.6 Å². The summed E-state index contributed by atoms with van der Waals surface area (Å²) in [6.07, 6.45) is 2.26. The fourth-order valence-corrected chi connectivity index (χ4v) is 2.15. The molecule has 2 atom stereocenters. The molecule has 1 rings (SSSR count). The van der Waals surface area contributed by atoms with Crippen molar-refractivity contribution in [1.29, 1.82) is 0 Å². The molecule has 1 N–H and O–H groups in total. The molecule has 0 saturated carbocycles. The quantitative estimate of drug-likeness (QED) is 0.474. The number of aliphatic hydroxyl groups is 1. The number of esters is 1. The number of rotatable bonds is 4. The van der Waals surface area contributed by atoms with Crippen LogP contribution in [0.2, 0.25) is 0 Å². The number of allylic oxidation sites excluding steroid dienone is 1. The highest BCUT2D eigenvalue weighted by molar-refractivity contribution is 6.18. The zero-order valence-electron chi connectivity index (χ0n) is 11.3. The summed E-state index contributed by atoms with van der Waals surface area (Å²) in [4.78, 5) is 23.6. The Labute approximate surface area is 107 Å². The lowest BCUT2D eigenvalue weighted by Gasteiger charge is -2.30. The number of carbonyl (C=O) groups excluding carboxylic acids is 2. The predicted octanol–water partition coefficient (Wildman–Crippen LogP) is 2.70. The van der Waals surface area contributed by atoms with Gasteiger partial charge in [-0.2, -0.15) is 0 Å². The Morgan fingerprint density at radius 1 is 1.50 bits per heavy atom. The molecule has 2 unspecified atom stereocenters. The van der Waals surface area contributed by atoms with E-state index in [0.29, 0.717) is 6.42 Å². The van der Waals surface area contributed by atoms with Gasteiger partial charge in [-0.15, -0.1) is 0 Å². The van der Waals surface area contributed by atoms with Gasteiger partial charge in [0.15, 0.2) is 5.78 Å². The second-order valence-corrected chi connectivity index (χ2v) is 4.55. The first kappa shape index (κ1) is 14.5. The molecular weight excluding hydrogens is 232 g/mol. The molecule has 0 spiro atoms. The van der Waals surface area contributed by atoms with Crippen molar-refractivity contribution in [3.8, 4) is 0 Å². The number of aliphatic hydroxyl groups excluding tert-OH is 1. The van der Waals surface area contributed by atoms with Gasteiger partial charge in [0.05, 0.1) is 5.92 Å². The number of Topliss-reactive ketones (excluding diaryl/α,β-unsaturated/α-hetero) is 1. The van der Waals surface area contributed by atoms with Crippen LogP contribution >= 0.6 is 0 Å². The highest BCUT2D eigenvalue weighted by Crippen LogP contribution is 2.32. The molecule has 1 heterocycles. The van der Waals surface area contributed by atoms with Crippen LogP contribution in [-0.4, -0.2) is 23.0 Å². The van der Waals surface area contributed by atoms with Gasteiger partial charge < -0.3 is 9.84 Å². The Morgan fingerprint density at radius 3 is 2.61 bits per heavy atom. The summed E-state index contributed by atoms with van der Waals surface area (Å²) in [6.45, 7) is 7.26. The first-order valence-corrected chi connectivity index (χ1v) is 6.24. The Hall–Kier alpha value is -1.58. The Balaban J connectivity index is 3.22. The predicted molar refractivity (Wildman–Crippen MR) is 68.0 cm³/mol. The van der Waals surface area contributed by atoms with E-state index < -0.39 is 18.0 Å². The SMILES string of the molecule is CC=C(C)C1C(O)=C(C(=O)CCC)C(=O)OC1C. The van der Waals surface area contributed by atoms with Crippen LogP contribution in [-0.2, 0) is 14.3 Å². The van der Waals surface area contributed by atoms with Gasteiger partial charge in [0.1, 0.15) is 17.4 Å². The van der Waals surface area contributed by atoms with E-state index in [4.69, 9.17) is 4.74 Å². The minimum Gasteiger partial charge on any atom is -0.510 e. The fraction of sp³-hybridized carbons (Fsp3) is 0.571. The average Bonchev–Trinajstić information content (AvgIpc) is 2.28. The van der Waals surface area contributed by atoms with Gasteiger partial charge in [0, 0.05) is 6.42 Å². The first-order valence-electron chi connectivity index (χ1n) is 6.24. The van der Waals surface area contributed by atoms with Crippen molar-refractivity contribution in [2.45, 2.75) is 46.6 Å². The maximum absolute atomic E-state index is 11.8. The van der Waals surface area contributed by atoms with Gasteiger partial charge in [-0.25, -0.2) is 4.79 Å². The lowest BCUT2D eigenvalue weighted by Crippen LogP contribution is -2.36. The van der Waals surface area contributed by atoms with Crippen molar-refractivity contribution >= 4 is 11.8 Å². The second-order valence-electron chi connectivity index (χ2n) is 4.55. The molecule has 4 heteroatoms. The number of hydrogen-bond acceptors (Lipinski definition) is 4. The number of hydrogen-bond donors (Lipinski definition) is 1.